The molecule has 0 saturated heterocycles. The van der Waals surface area contributed by atoms with Crippen LogP contribution in [0.4, 0.5) is 5.69 Å². The van der Waals surface area contributed by atoms with Crippen molar-refractivity contribution in [1.29, 1.82) is 0 Å². The van der Waals surface area contributed by atoms with Crippen LogP contribution < -0.4 is 4.90 Å². The maximum absolute atomic E-state index is 11.6. The Labute approximate surface area is 97.5 Å². The SMILES string of the molecule is Cc1cccc2c(N3C(=O)C=CC3=O)c[nH]c12. The lowest BCUT2D eigenvalue weighted by Gasteiger charge is -2.12. The van der Waals surface area contributed by atoms with Gasteiger partial charge in [-0.1, -0.05) is 18.2 Å². The number of carbonyl (C=O) groups is 2. The van der Waals surface area contributed by atoms with E-state index in [9.17, 15) is 9.59 Å². The van der Waals surface area contributed by atoms with Crippen molar-refractivity contribution >= 4 is 28.4 Å². The van der Waals surface area contributed by atoms with Gasteiger partial charge in [-0.15, -0.1) is 0 Å². The second-order valence-electron chi connectivity index (χ2n) is 4.02. The number of fused-ring (bicyclic) bond motifs is 1. The maximum Gasteiger partial charge on any atom is 0.258 e. The first-order chi connectivity index (χ1) is 8.18. The van der Waals surface area contributed by atoms with Crippen molar-refractivity contribution in [2.45, 2.75) is 6.92 Å². The van der Waals surface area contributed by atoms with Crippen LogP contribution in [0.25, 0.3) is 10.9 Å². The van der Waals surface area contributed by atoms with Crippen molar-refractivity contribution in [2.24, 2.45) is 0 Å². The molecule has 17 heavy (non-hydrogen) atoms. The molecule has 0 aliphatic carbocycles. The van der Waals surface area contributed by atoms with E-state index in [4.69, 9.17) is 0 Å². The van der Waals surface area contributed by atoms with Gasteiger partial charge in [-0.25, -0.2) is 4.90 Å². The van der Waals surface area contributed by atoms with Crippen LogP contribution >= 0.6 is 0 Å². The largest absolute Gasteiger partial charge is 0.359 e. The third-order valence-corrected chi connectivity index (χ3v) is 2.95. The summed E-state index contributed by atoms with van der Waals surface area (Å²) in [4.78, 5) is 27.5. The summed E-state index contributed by atoms with van der Waals surface area (Å²) in [6.07, 6.45) is 4.27. The van der Waals surface area contributed by atoms with E-state index in [-0.39, 0.29) is 11.8 Å². The highest BCUT2D eigenvalue weighted by Gasteiger charge is 2.27. The number of H-pyrrole nitrogens is 1. The second-order valence-corrected chi connectivity index (χ2v) is 4.02. The number of aryl methyl sites for hydroxylation is 1. The fraction of sp³-hybridized carbons (Fsp3) is 0.0769. The Morgan fingerprint density at radius 3 is 2.53 bits per heavy atom. The highest BCUT2D eigenvalue weighted by Crippen LogP contribution is 2.30. The standard InChI is InChI=1S/C13H10N2O2/c1-8-3-2-4-9-10(7-14-13(8)9)15-11(16)5-6-12(15)17/h2-7,14H,1H3. The molecule has 0 bridgehead atoms. The summed E-state index contributed by atoms with van der Waals surface area (Å²) in [5, 5.41) is 0.885. The number of nitrogens with one attached hydrogen (secondary N) is 1. The summed E-state index contributed by atoms with van der Waals surface area (Å²) in [7, 11) is 0. The van der Waals surface area contributed by atoms with Gasteiger partial charge in [0.25, 0.3) is 11.8 Å². The van der Waals surface area contributed by atoms with Gasteiger partial charge in [-0.3, -0.25) is 9.59 Å². The lowest BCUT2D eigenvalue weighted by atomic mass is 10.1. The summed E-state index contributed by atoms with van der Waals surface area (Å²) in [5.41, 5.74) is 2.65. The van der Waals surface area contributed by atoms with Crippen LogP contribution in [0, 0.1) is 6.92 Å². The minimum absolute atomic E-state index is 0.294. The quantitative estimate of drug-likeness (QED) is 0.755. The molecule has 1 aliphatic heterocycles. The first kappa shape index (κ1) is 9.84. The lowest BCUT2D eigenvalue weighted by Crippen LogP contribution is -2.29. The van der Waals surface area contributed by atoms with Gasteiger partial charge in [0.05, 0.1) is 11.2 Å². The number of imide groups is 1. The third-order valence-electron chi connectivity index (χ3n) is 2.95. The lowest BCUT2D eigenvalue weighted by molar-refractivity contribution is -0.119. The first-order valence-corrected chi connectivity index (χ1v) is 5.31. The summed E-state index contributed by atoms with van der Waals surface area (Å²) in [6.45, 7) is 1.98. The summed E-state index contributed by atoms with van der Waals surface area (Å²) >= 11 is 0. The molecular weight excluding hydrogens is 216 g/mol. The number of amides is 2. The van der Waals surface area contributed by atoms with Crippen LogP contribution in [0.15, 0.2) is 36.5 Å². The van der Waals surface area contributed by atoms with E-state index in [1.165, 1.54) is 17.1 Å². The highest BCUT2D eigenvalue weighted by molar-refractivity contribution is 6.30. The van der Waals surface area contributed by atoms with Crippen molar-refractivity contribution in [2.75, 3.05) is 4.90 Å². The number of nitrogens with zero attached hydrogens (tertiary/aromatic N) is 1. The Bertz CT molecular complexity index is 649. The fourth-order valence-corrected chi connectivity index (χ4v) is 2.11. The minimum atomic E-state index is -0.294. The van der Waals surface area contributed by atoms with E-state index in [2.05, 4.69) is 4.98 Å². The zero-order valence-electron chi connectivity index (χ0n) is 9.23. The molecule has 2 aromatic rings. The number of para-hydroxylation sites is 1. The number of rotatable bonds is 1. The predicted octanol–water partition coefficient (Wildman–Crippen LogP) is 1.91. The fourth-order valence-electron chi connectivity index (χ4n) is 2.11. The zero-order chi connectivity index (χ0) is 12.0. The maximum atomic E-state index is 11.6. The van der Waals surface area contributed by atoms with Gasteiger partial charge in [0.2, 0.25) is 0 Å². The average Bonchev–Trinajstić information content (AvgIpc) is 2.84. The molecule has 1 aliphatic rings. The van der Waals surface area contributed by atoms with E-state index in [0.29, 0.717) is 5.69 Å². The molecular formula is C13H10N2O2. The van der Waals surface area contributed by atoms with Gasteiger partial charge >= 0.3 is 0 Å². The molecule has 84 valence electrons. The number of aromatic amines is 1. The van der Waals surface area contributed by atoms with Crippen molar-refractivity contribution in [1.82, 2.24) is 4.98 Å². The molecule has 1 N–H and O–H groups in total. The van der Waals surface area contributed by atoms with Gasteiger partial charge in [0, 0.05) is 23.7 Å². The van der Waals surface area contributed by atoms with Gasteiger partial charge in [-0.05, 0) is 12.5 Å². The van der Waals surface area contributed by atoms with Crippen molar-refractivity contribution in [3.8, 4) is 0 Å². The predicted molar refractivity (Wildman–Crippen MR) is 64.7 cm³/mol. The molecule has 1 aromatic heterocycles. The topological polar surface area (TPSA) is 53.2 Å². The van der Waals surface area contributed by atoms with Crippen LogP contribution in [-0.2, 0) is 9.59 Å². The monoisotopic (exact) mass is 226 g/mol. The van der Waals surface area contributed by atoms with Crippen LogP contribution in [0.5, 0.6) is 0 Å². The molecule has 0 fully saturated rings. The third kappa shape index (κ3) is 1.30. The molecule has 0 saturated carbocycles. The van der Waals surface area contributed by atoms with Gasteiger partial charge in [0.1, 0.15) is 0 Å². The summed E-state index contributed by atoms with van der Waals surface area (Å²) in [5.74, 6) is -0.588. The Morgan fingerprint density at radius 1 is 1.12 bits per heavy atom. The van der Waals surface area contributed by atoms with Crippen LogP contribution in [-0.4, -0.2) is 16.8 Å². The van der Waals surface area contributed by atoms with Crippen LogP contribution in [0.1, 0.15) is 5.56 Å². The van der Waals surface area contributed by atoms with Crippen molar-refractivity contribution in [3.63, 3.8) is 0 Å². The molecule has 4 heteroatoms. The number of hydrogen-bond donors (Lipinski definition) is 1. The highest BCUT2D eigenvalue weighted by atomic mass is 16.2. The summed E-state index contributed by atoms with van der Waals surface area (Å²) in [6, 6.07) is 5.79. The van der Waals surface area contributed by atoms with Gasteiger partial charge in [-0.2, -0.15) is 0 Å². The van der Waals surface area contributed by atoms with Gasteiger partial charge in [0.15, 0.2) is 0 Å². The average molecular weight is 226 g/mol. The second kappa shape index (κ2) is 3.31. The number of aromatic nitrogens is 1. The molecule has 2 amide bonds. The molecule has 4 nitrogen and oxygen atoms in total. The number of hydrogen-bond acceptors (Lipinski definition) is 2. The zero-order valence-corrected chi connectivity index (χ0v) is 9.23. The molecule has 1 aromatic carbocycles. The van der Waals surface area contributed by atoms with Crippen LogP contribution in [0.2, 0.25) is 0 Å². The molecule has 3 rings (SSSR count). The molecule has 0 spiro atoms. The van der Waals surface area contributed by atoms with Crippen molar-refractivity contribution < 1.29 is 9.59 Å². The van der Waals surface area contributed by atoms with E-state index in [0.717, 1.165) is 16.5 Å². The molecule has 0 radical (unpaired) electrons. The summed E-state index contributed by atoms with van der Waals surface area (Å²) < 4.78 is 0. The Balaban J connectivity index is 2.22. The van der Waals surface area contributed by atoms with E-state index >= 15 is 0 Å². The first-order valence-electron chi connectivity index (χ1n) is 5.31. The number of anilines is 1. The van der Waals surface area contributed by atoms with E-state index in [1.807, 2.05) is 25.1 Å². The molecule has 0 unspecified atom stereocenters. The minimum Gasteiger partial charge on any atom is -0.359 e. The number of benzene rings is 1. The van der Waals surface area contributed by atoms with Crippen molar-refractivity contribution in [3.05, 3.63) is 42.1 Å². The number of carbonyl (C=O) groups excluding carboxylic acids is 2. The smallest absolute Gasteiger partial charge is 0.258 e. The Hall–Kier alpha value is -2.36. The normalized spacial score (nSPS) is 15.2. The van der Waals surface area contributed by atoms with Crippen LogP contribution in [0.3, 0.4) is 0 Å². The Morgan fingerprint density at radius 2 is 1.82 bits per heavy atom. The van der Waals surface area contributed by atoms with E-state index in [1.54, 1.807) is 6.20 Å². The molecule has 2 heterocycles. The van der Waals surface area contributed by atoms with Gasteiger partial charge < -0.3 is 4.98 Å². The molecule has 0 atom stereocenters. The Kier molecular flexibility index (Phi) is 1.92. The van der Waals surface area contributed by atoms with E-state index < -0.39 is 0 Å².